The molecule has 0 N–H and O–H groups in total. The molecule has 2 nitrogen and oxygen atoms in total. The molecule has 10 aromatic carbocycles. The molecule has 0 fully saturated rings. The third-order valence-electron chi connectivity index (χ3n) is 14.1. The van der Waals surface area contributed by atoms with Crippen LogP contribution in [0.4, 0.5) is 0 Å². The number of aromatic nitrogens is 2. The zero-order valence-electron chi connectivity index (χ0n) is 34.3. The molecule has 63 heavy (non-hydrogen) atoms. The fourth-order valence-corrected chi connectivity index (χ4v) is 11.6. The van der Waals surface area contributed by atoms with Crippen molar-refractivity contribution >= 4 is 43.6 Å². The normalized spacial score (nSPS) is 14.7. The van der Waals surface area contributed by atoms with E-state index in [0.717, 1.165) is 0 Å². The Balaban J connectivity index is 0.992. The molecule has 0 saturated heterocycles. The average molecular weight is 799 g/mol. The van der Waals surface area contributed by atoms with Gasteiger partial charge >= 0.3 is 0 Å². The maximum Gasteiger partial charge on any atom is 0.0726 e. The van der Waals surface area contributed by atoms with E-state index in [4.69, 9.17) is 0 Å². The van der Waals surface area contributed by atoms with Gasteiger partial charge in [0.15, 0.2) is 0 Å². The van der Waals surface area contributed by atoms with Gasteiger partial charge < -0.3 is 9.13 Å². The van der Waals surface area contributed by atoms with E-state index in [1.54, 1.807) is 0 Å². The Morgan fingerprint density at radius 3 is 1.48 bits per heavy atom. The third kappa shape index (κ3) is 4.62. The Kier molecular flexibility index (Phi) is 7.07. The largest absolute Gasteiger partial charge is 0.309 e. The summed E-state index contributed by atoms with van der Waals surface area (Å²) in [5.74, 6) is 0. The molecule has 292 valence electrons. The summed E-state index contributed by atoms with van der Waals surface area (Å²) in [5, 5.41) is 5.01. The van der Waals surface area contributed by atoms with Gasteiger partial charge in [-0.15, -0.1) is 0 Å². The lowest BCUT2D eigenvalue weighted by molar-refractivity contribution is 0.793. The van der Waals surface area contributed by atoms with Crippen LogP contribution in [0.15, 0.2) is 231 Å². The molecule has 0 saturated carbocycles. The molecule has 0 aliphatic heterocycles. The van der Waals surface area contributed by atoms with Gasteiger partial charge in [-0.25, -0.2) is 0 Å². The van der Waals surface area contributed by atoms with Crippen LogP contribution in [0.1, 0.15) is 22.3 Å². The van der Waals surface area contributed by atoms with Crippen LogP contribution in [0.3, 0.4) is 0 Å². The van der Waals surface area contributed by atoms with E-state index in [2.05, 4.69) is 240 Å². The smallest absolute Gasteiger partial charge is 0.0726 e. The van der Waals surface area contributed by atoms with Crippen molar-refractivity contribution < 1.29 is 0 Å². The molecule has 1 unspecified atom stereocenters. The van der Waals surface area contributed by atoms with E-state index in [0.29, 0.717) is 0 Å². The summed E-state index contributed by atoms with van der Waals surface area (Å²) in [6, 6.07) is 85.8. The van der Waals surface area contributed by atoms with Crippen molar-refractivity contribution in [2.45, 2.75) is 5.41 Å². The first-order chi connectivity index (χ1) is 31.3. The molecule has 2 aromatic heterocycles. The van der Waals surface area contributed by atoms with E-state index in [-0.39, 0.29) is 0 Å². The quantitative estimate of drug-likeness (QED) is 0.168. The summed E-state index contributed by atoms with van der Waals surface area (Å²) in [6.07, 6.45) is 0. The maximum atomic E-state index is 2.53. The molecular formula is C61H38N2. The van der Waals surface area contributed by atoms with Gasteiger partial charge in [0.05, 0.1) is 33.2 Å². The van der Waals surface area contributed by atoms with Crippen LogP contribution in [0.25, 0.3) is 99.5 Å². The summed E-state index contributed by atoms with van der Waals surface area (Å²) in [5.41, 5.74) is 22.2. The van der Waals surface area contributed by atoms with Gasteiger partial charge in [-0.05, 0) is 122 Å². The molecule has 0 amide bonds. The van der Waals surface area contributed by atoms with Crippen molar-refractivity contribution in [3.63, 3.8) is 0 Å². The summed E-state index contributed by atoms with van der Waals surface area (Å²) < 4.78 is 4.92. The van der Waals surface area contributed by atoms with Crippen LogP contribution in [-0.4, -0.2) is 9.13 Å². The van der Waals surface area contributed by atoms with E-state index in [1.165, 1.54) is 122 Å². The van der Waals surface area contributed by atoms with Crippen LogP contribution in [0, 0.1) is 0 Å². The molecule has 14 rings (SSSR count). The van der Waals surface area contributed by atoms with E-state index >= 15 is 0 Å². The highest BCUT2D eigenvalue weighted by Gasteiger charge is 2.52. The van der Waals surface area contributed by atoms with Gasteiger partial charge in [-0.3, -0.25) is 0 Å². The Bertz CT molecular complexity index is 3850. The lowest BCUT2D eigenvalue weighted by atomic mass is 9.70. The Morgan fingerprint density at radius 1 is 0.270 bits per heavy atom. The van der Waals surface area contributed by atoms with Gasteiger partial charge in [0.2, 0.25) is 0 Å². The van der Waals surface area contributed by atoms with Crippen LogP contribution < -0.4 is 0 Å². The van der Waals surface area contributed by atoms with Crippen LogP contribution >= 0.6 is 0 Å². The van der Waals surface area contributed by atoms with Crippen molar-refractivity contribution in [2.24, 2.45) is 0 Å². The van der Waals surface area contributed by atoms with Gasteiger partial charge in [-0.1, -0.05) is 170 Å². The lowest BCUT2D eigenvalue weighted by Crippen LogP contribution is -2.26. The second-order valence-corrected chi connectivity index (χ2v) is 17.2. The van der Waals surface area contributed by atoms with Gasteiger partial charge in [0.25, 0.3) is 0 Å². The zero-order chi connectivity index (χ0) is 41.2. The third-order valence-corrected chi connectivity index (χ3v) is 14.1. The minimum Gasteiger partial charge on any atom is -0.309 e. The molecule has 1 atom stereocenters. The molecule has 2 aliphatic rings. The lowest BCUT2D eigenvalue weighted by Gasteiger charge is -2.31. The fourth-order valence-electron chi connectivity index (χ4n) is 11.6. The van der Waals surface area contributed by atoms with E-state index < -0.39 is 5.41 Å². The Morgan fingerprint density at radius 2 is 0.762 bits per heavy atom. The average Bonchev–Trinajstić information content (AvgIpc) is 4.06. The number of benzene rings is 10. The minimum absolute atomic E-state index is 0.465. The number of para-hydroxylation sites is 3. The second kappa shape index (κ2) is 12.9. The van der Waals surface area contributed by atoms with E-state index in [1.807, 2.05) is 0 Å². The van der Waals surface area contributed by atoms with Crippen molar-refractivity contribution in [1.29, 1.82) is 0 Å². The molecule has 0 bridgehead atoms. The molecule has 12 aromatic rings. The Labute approximate surface area is 365 Å². The number of hydrogen-bond acceptors (Lipinski definition) is 0. The standard InChI is InChI=1S/C61H38N2/c1-3-16-39(17-4-1)42-30-33-45-44-20-7-11-24-51(44)61(54(45)38-42)52-25-12-8-23-48(52)60-53(61)26-15-29-59(60)63-56-28-14-10-22-47(56)50-37-41(32-35-58(50)63)40-31-34-57-49(36-40)46-21-9-13-27-55(46)62(57)43-18-5-2-6-19-43/h1-38H. The van der Waals surface area contributed by atoms with Crippen molar-refractivity contribution in [2.75, 3.05) is 0 Å². The Hall–Kier alpha value is -8.20. The molecule has 2 heterocycles. The highest BCUT2D eigenvalue weighted by Crippen LogP contribution is 2.64. The van der Waals surface area contributed by atoms with Crippen LogP contribution in [0.2, 0.25) is 0 Å². The maximum absolute atomic E-state index is 2.53. The molecule has 1 spiro atoms. The molecular weight excluding hydrogens is 761 g/mol. The number of nitrogens with zero attached hydrogens (tertiary/aromatic N) is 2. The summed E-state index contributed by atoms with van der Waals surface area (Å²) in [6.45, 7) is 0. The van der Waals surface area contributed by atoms with Gasteiger partial charge in [-0.2, -0.15) is 0 Å². The minimum atomic E-state index is -0.465. The summed E-state index contributed by atoms with van der Waals surface area (Å²) in [4.78, 5) is 0. The van der Waals surface area contributed by atoms with E-state index in [9.17, 15) is 0 Å². The first kappa shape index (κ1) is 34.5. The summed E-state index contributed by atoms with van der Waals surface area (Å²) in [7, 11) is 0. The van der Waals surface area contributed by atoms with Gasteiger partial charge in [0, 0.05) is 32.8 Å². The van der Waals surface area contributed by atoms with Crippen molar-refractivity contribution in [3.05, 3.63) is 253 Å². The highest BCUT2D eigenvalue weighted by molar-refractivity contribution is 6.13. The molecule has 0 radical (unpaired) electrons. The van der Waals surface area contributed by atoms with Gasteiger partial charge in [0.1, 0.15) is 0 Å². The predicted octanol–water partition coefficient (Wildman–Crippen LogP) is 15.6. The fraction of sp³-hybridized carbons (Fsp3) is 0.0164. The molecule has 2 heteroatoms. The SMILES string of the molecule is c1ccc(-c2ccc3c(c2)C2(c4ccccc4-3)c3ccccc3-c3c(-n4c5ccccc5c5cc(-c6ccc7c(c6)c6ccccc6n7-c6ccccc6)ccc54)cccc32)cc1. The van der Waals surface area contributed by atoms with Crippen molar-refractivity contribution in [1.82, 2.24) is 9.13 Å². The number of rotatable bonds is 4. The first-order valence-corrected chi connectivity index (χ1v) is 21.9. The van der Waals surface area contributed by atoms with Crippen LogP contribution in [0.5, 0.6) is 0 Å². The zero-order valence-corrected chi connectivity index (χ0v) is 34.3. The number of hydrogen-bond donors (Lipinski definition) is 0. The monoisotopic (exact) mass is 798 g/mol. The second-order valence-electron chi connectivity index (χ2n) is 17.2. The molecule has 2 aliphatic carbocycles. The van der Waals surface area contributed by atoms with Crippen molar-refractivity contribution in [3.8, 4) is 55.9 Å². The topological polar surface area (TPSA) is 9.86 Å². The summed E-state index contributed by atoms with van der Waals surface area (Å²) >= 11 is 0. The predicted molar refractivity (Wildman–Crippen MR) is 262 cm³/mol. The highest BCUT2D eigenvalue weighted by atomic mass is 15.0. The van der Waals surface area contributed by atoms with Crippen LogP contribution in [-0.2, 0) is 5.41 Å². The first-order valence-electron chi connectivity index (χ1n) is 21.9. The number of fused-ring (bicyclic) bond motifs is 16.